The second kappa shape index (κ2) is 5.38. The summed E-state index contributed by atoms with van der Waals surface area (Å²) in [6.07, 6.45) is 5.96. The predicted octanol–water partition coefficient (Wildman–Crippen LogP) is 2.76. The molecule has 0 aromatic rings. The van der Waals surface area contributed by atoms with Crippen molar-refractivity contribution in [3.8, 4) is 0 Å². The fraction of sp³-hybridized carbons (Fsp3) is 0.917. The van der Waals surface area contributed by atoms with E-state index in [2.05, 4.69) is 17.1 Å². The van der Waals surface area contributed by atoms with Crippen LogP contribution >= 0.6 is 0 Å². The molecule has 2 amide bonds. The molecule has 88 valence electrons. The molecule has 1 heterocycles. The summed E-state index contributed by atoms with van der Waals surface area (Å²) < 4.78 is 0. The first-order chi connectivity index (χ1) is 7.28. The minimum Gasteiger partial charge on any atom is -0.338 e. The molecular formula is C12H24N2O. The van der Waals surface area contributed by atoms with E-state index in [9.17, 15) is 4.79 Å². The fourth-order valence-corrected chi connectivity index (χ4v) is 2.52. The molecular weight excluding hydrogens is 188 g/mol. The maximum Gasteiger partial charge on any atom is 0.317 e. The van der Waals surface area contributed by atoms with Gasteiger partial charge in [-0.2, -0.15) is 0 Å². The van der Waals surface area contributed by atoms with Crippen molar-refractivity contribution in [2.24, 2.45) is 0 Å². The van der Waals surface area contributed by atoms with E-state index in [1.807, 2.05) is 13.8 Å². The minimum absolute atomic E-state index is 0.160. The number of hydrogen-bond acceptors (Lipinski definition) is 1. The van der Waals surface area contributed by atoms with E-state index < -0.39 is 0 Å². The Morgan fingerprint density at radius 1 is 1.33 bits per heavy atom. The highest BCUT2D eigenvalue weighted by Gasteiger charge is 2.46. The SMILES string of the molecule is CC.CCCN1C(=O)NCCC12CCC2. The minimum atomic E-state index is 0.160. The number of nitrogens with zero attached hydrogens (tertiary/aromatic N) is 1. The average molecular weight is 212 g/mol. The van der Waals surface area contributed by atoms with Gasteiger partial charge >= 0.3 is 6.03 Å². The maximum absolute atomic E-state index is 11.6. The number of rotatable bonds is 2. The lowest BCUT2D eigenvalue weighted by molar-refractivity contribution is 0.0233. The molecule has 0 atom stereocenters. The van der Waals surface area contributed by atoms with Gasteiger partial charge < -0.3 is 10.2 Å². The van der Waals surface area contributed by atoms with Crippen LogP contribution in [0.4, 0.5) is 4.79 Å². The number of carbonyl (C=O) groups excluding carboxylic acids is 1. The van der Waals surface area contributed by atoms with Gasteiger partial charge in [-0.05, 0) is 32.1 Å². The van der Waals surface area contributed by atoms with Crippen LogP contribution in [-0.4, -0.2) is 29.6 Å². The number of amides is 2. The Balaban J connectivity index is 0.000000531. The standard InChI is InChI=1S/C10H18N2O.C2H6/c1-2-8-12-9(13)11-7-6-10(12)4-3-5-10;1-2/h2-8H2,1H3,(H,11,13);1-2H3. The monoisotopic (exact) mass is 212 g/mol. The van der Waals surface area contributed by atoms with Crippen LogP contribution < -0.4 is 5.32 Å². The Morgan fingerprint density at radius 2 is 2.00 bits per heavy atom. The highest BCUT2D eigenvalue weighted by molar-refractivity contribution is 5.76. The fourth-order valence-electron chi connectivity index (χ4n) is 2.52. The molecule has 1 N–H and O–H groups in total. The Bertz CT molecular complexity index is 212. The molecule has 2 rings (SSSR count). The summed E-state index contributed by atoms with van der Waals surface area (Å²) in [5.74, 6) is 0. The van der Waals surface area contributed by atoms with Crippen LogP contribution in [0.25, 0.3) is 0 Å². The van der Waals surface area contributed by atoms with Crippen molar-refractivity contribution in [3.63, 3.8) is 0 Å². The number of carbonyl (C=O) groups is 1. The van der Waals surface area contributed by atoms with E-state index in [-0.39, 0.29) is 11.6 Å². The molecule has 3 heteroatoms. The van der Waals surface area contributed by atoms with Crippen LogP contribution in [0.5, 0.6) is 0 Å². The lowest BCUT2D eigenvalue weighted by atomic mass is 9.72. The largest absolute Gasteiger partial charge is 0.338 e. The normalized spacial score (nSPS) is 22.6. The van der Waals surface area contributed by atoms with E-state index in [1.165, 1.54) is 19.3 Å². The smallest absolute Gasteiger partial charge is 0.317 e. The molecule has 1 spiro atoms. The molecule has 2 fully saturated rings. The summed E-state index contributed by atoms with van der Waals surface area (Å²) in [6, 6.07) is 0.160. The summed E-state index contributed by atoms with van der Waals surface area (Å²) in [5.41, 5.74) is 0.262. The second-order valence-corrected chi connectivity index (χ2v) is 4.21. The number of nitrogens with one attached hydrogen (secondary N) is 1. The predicted molar refractivity (Wildman–Crippen MR) is 62.9 cm³/mol. The summed E-state index contributed by atoms with van der Waals surface area (Å²) in [5, 5.41) is 2.93. The summed E-state index contributed by atoms with van der Waals surface area (Å²) >= 11 is 0. The summed E-state index contributed by atoms with van der Waals surface area (Å²) in [6.45, 7) is 7.93. The molecule has 15 heavy (non-hydrogen) atoms. The van der Waals surface area contributed by atoms with Crippen molar-refractivity contribution in [2.45, 2.75) is 58.4 Å². The Hall–Kier alpha value is -0.730. The van der Waals surface area contributed by atoms with Gasteiger partial charge in [0, 0.05) is 18.6 Å². The molecule has 2 aliphatic rings. The molecule has 1 saturated heterocycles. The van der Waals surface area contributed by atoms with Gasteiger partial charge in [0.1, 0.15) is 0 Å². The molecule has 1 saturated carbocycles. The van der Waals surface area contributed by atoms with E-state index >= 15 is 0 Å². The molecule has 0 unspecified atom stereocenters. The Morgan fingerprint density at radius 3 is 2.47 bits per heavy atom. The van der Waals surface area contributed by atoms with Crippen LogP contribution in [-0.2, 0) is 0 Å². The zero-order valence-corrected chi connectivity index (χ0v) is 10.3. The first kappa shape index (κ1) is 12.3. The molecule has 0 radical (unpaired) electrons. The van der Waals surface area contributed by atoms with Crippen LogP contribution in [0.1, 0.15) is 52.9 Å². The number of hydrogen-bond donors (Lipinski definition) is 1. The zero-order valence-electron chi connectivity index (χ0n) is 10.3. The van der Waals surface area contributed by atoms with Crippen molar-refractivity contribution in [3.05, 3.63) is 0 Å². The van der Waals surface area contributed by atoms with Crippen molar-refractivity contribution >= 4 is 6.03 Å². The average Bonchev–Trinajstić information content (AvgIpc) is 2.22. The molecule has 1 aliphatic heterocycles. The number of urea groups is 1. The van der Waals surface area contributed by atoms with Gasteiger partial charge in [-0.3, -0.25) is 0 Å². The van der Waals surface area contributed by atoms with Gasteiger partial charge in [0.05, 0.1) is 0 Å². The van der Waals surface area contributed by atoms with Gasteiger partial charge in [-0.15, -0.1) is 0 Å². The molecule has 0 aromatic heterocycles. The Labute approximate surface area is 93.2 Å². The highest BCUT2D eigenvalue weighted by Crippen LogP contribution is 2.41. The third-order valence-electron chi connectivity index (χ3n) is 3.42. The van der Waals surface area contributed by atoms with Gasteiger partial charge in [0.15, 0.2) is 0 Å². The van der Waals surface area contributed by atoms with E-state index in [1.54, 1.807) is 0 Å². The first-order valence-electron chi connectivity index (χ1n) is 6.34. The zero-order chi connectivity index (χ0) is 11.3. The van der Waals surface area contributed by atoms with E-state index in [0.717, 1.165) is 25.9 Å². The van der Waals surface area contributed by atoms with Crippen LogP contribution in [0.2, 0.25) is 0 Å². The topological polar surface area (TPSA) is 32.3 Å². The lowest BCUT2D eigenvalue weighted by Crippen LogP contribution is -2.63. The van der Waals surface area contributed by atoms with Gasteiger partial charge in [-0.25, -0.2) is 4.79 Å². The van der Waals surface area contributed by atoms with Crippen molar-refractivity contribution in [2.75, 3.05) is 13.1 Å². The maximum atomic E-state index is 11.6. The van der Waals surface area contributed by atoms with Crippen molar-refractivity contribution in [1.29, 1.82) is 0 Å². The third-order valence-corrected chi connectivity index (χ3v) is 3.42. The summed E-state index contributed by atoms with van der Waals surface area (Å²) in [7, 11) is 0. The Kier molecular flexibility index (Phi) is 4.43. The van der Waals surface area contributed by atoms with Crippen LogP contribution in [0.3, 0.4) is 0 Å². The van der Waals surface area contributed by atoms with E-state index in [0.29, 0.717) is 0 Å². The van der Waals surface area contributed by atoms with Crippen molar-refractivity contribution in [1.82, 2.24) is 10.2 Å². The highest BCUT2D eigenvalue weighted by atomic mass is 16.2. The van der Waals surface area contributed by atoms with Crippen molar-refractivity contribution < 1.29 is 4.79 Å². The lowest BCUT2D eigenvalue weighted by Gasteiger charge is -2.53. The van der Waals surface area contributed by atoms with Crippen LogP contribution in [0, 0.1) is 0 Å². The molecule has 3 nitrogen and oxygen atoms in total. The molecule has 0 aromatic carbocycles. The van der Waals surface area contributed by atoms with Gasteiger partial charge in [0.2, 0.25) is 0 Å². The van der Waals surface area contributed by atoms with Gasteiger partial charge in [-0.1, -0.05) is 20.8 Å². The van der Waals surface area contributed by atoms with Gasteiger partial charge in [0.25, 0.3) is 0 Å². The summed E-state index contributed by atoms with van der Waals surface area (Å²) in [4.78, 5) is 13.7. The quantitative estimate of drug-likeness (QED) is 0.750. The van der Waals surface area contributed by atoms with Crippen LogP contribution in [0.15, 0.2) is 0 Å². The molecule has 1 aliphatic carbocycles. The second-order valence-electron chi connectivity index (χ2n) is 4.21. The third kappa shape index (κ3) is 2.27. The molecule has 0 bridgehead atoms. The first-order valence-corrected chi connectivity index (χ1v) is 6.34. The van der Waals surface area contributed by atoms with E-state index in [4.69, 9.17) is 0 Å².